The molecule has 1 saturated heterocycles. The van der Waals surface area contributed by atoms with E-state index in [1.165, 1.54) is 6.07 Å². The van der Waals surface area contributed by atoms with Crippen molar-refractivity contribution in [3.05, 3.63) is 53.1 Å². The second-order valence-electron chi connectivity index (χ2n) is 7.51. The number of ether oxygens (including phenoxy) is 1. The SMILES string of the molecule is CCc1cn2cc(C(=O)N3CCOCC3)nc2c(NCc2cc(N)cc(C(F)(F)F)c2)n1. The Kier molecular flexibility index (Phi) is 5.92. The summed E-state index contributed by atoms with van der Waals surface area (Å²) in [5.74, 6) is 0.174. The Balaban J connectivity index is 1.63. The summed E-state index contributed by atoms with van der Waals surface area (Å²) >= 11 is 0. The molecule has 3 aromatic rings. The summed E-state index contributed by atoms with van der Waals surface area (Å²) in [6.07, 6.45) is -0.436. The third-order valence-electron chi connectivity index (χ3n) is 5.17. The van der Waals surface area contributed by atoms with Crippen molar-refractivity contribution in [2.45, 2.75) is 26.1 Å². The Morgan fingerprint density at radius 2 is 1.94 bits per heavy atom. The van der Waals surface area contributed by atoms with Crippen LogP contribution in [0.5, 0.6) is 0 Å². The number of anilines is 2. The second kappa shape index (κ2) is 8.65. The predicted octanol–water partition coefficient (Wildman–Crippen LogP) is 2.98. The number of nitrogen functional groups attached to an aromatic ring is 1. The highest BCUT2D eigenvalue weighted by Gasteiger charge is 2.31. The number of halogens is 3. The molecule has 1 aliphatic heterocycles. The van der Waals surface area contributed by atoms with E-state index in [-0.39, 0.29) is 23.8 Å². The molecular formula is C21H23F3N6O2. The van der Waals surface area contributed by atoms with Gasteiger partial charge in [0.05, 0.1) is 24.5 Å². The monoisotopic (exact) mass is 448 g/mol. The standard InChI is InChI=1S/C21H23F3N6O2/c1-2-16-11-30-12-17(20(31)29-3-5-32-6-4-29)28-19(30)18(27-16)26-10-13-7-14(21(22,23)24)9-15(25)8-13/h7-9,11-12H,2-6,10,25H2,1H3,(H,26,27). The first-order valence-corrected chi connectivity index (χ1v) is 10.2. The van der Waals surface area contributed by atoms with Crippen LogP contribution in [0.4, 0.5) is 24.7 Å². The smallest absolute Gasteiger partial charge is 0.399 e. The van der Waals surface area contributed by atoms with Gasteiger partial charge in [0.25, 0.3) is 5.91 Å². The summed E-state index contributed by atoms with van der Waals surface area (Å²) in [5.41, 5.74) is 6.66. The van der Waals surface area contributed by atoms with Gasteiger partial charge in [0.2, 0.25) is 0 Å². The van der Waals surface area contributed by atoms with Gasteiger partial charge >= 0.3 is 6.18 Å². The third-order valence-corrected chi connectivity index (χ3v) is 5.17. The van der Waals surface area contributed by atoms with Crippen LogP contribution in [-0.4, -0.2) is 51.5 Å². The lowest BCUT2D eigenvalue weighted by atomic mass is 10.1. The maximum atomic E-state index is 13.1. The molecule has 4 rings (SSSR count). The Labute approximate surface area is 182 Å². The lowest BCUT2D eigenvalue weighted by Crippen LogP contribution is -2.40. The molecule has 8 nitrogen and oxygen atoms in total. The van der Waals surface area contributed by atoms with Crippen LogP contribution >= 0.6 is 0 Å². The van der Waals surface area contributed by atoms with Crippen molar-refractivity contribution in [2.24, 2.45) is 0 Å². The maximum absolute atomic E-state index is 13.1. The molecule has 0 radical (unpaired) electrons. The van der Waals surface area contributed by atoms with Crippen molar-refractivity contribution in [3.8, 4) is 0 Å². The van der Waals surface area contributed by atoms with Crippen LogP contribution in [0.1, 0.15) is 34.2 Å². The quantitative estimate of drug-likeness (QED) is 0.583. The van der Waals surface area contributed by atoms with E-state index < -0.39 is 11.7 Å². The number of fused-ring (bicyclic) bond motifs is 1. The number of rotatable bonds is 5. The first-order chi connectivity index (χ1) is 15.2. The second-order valence-corrected chi connectivity index (χ2v) is 7.51. The lowest BCUT2D eigenvalue weighted by Gasteiger charge is -2.25. The number of nitrogens with two attached hydrogens (primary N) is 1. The molecule has 170 valence electrons. The average molecular weight is 448 g/mol. The first-order valence-electron chi connectivity index (χ1n) is 10.2. The van der Waals surface area contributed by atoms with Crippen molar-refractivity contribution in [1.29, 1.82) is 0 Å². The zero-order valence-electron chi connectivity index (χ0n) is 17.4. The average Bonchev–Trinajstić information content (AvgIpc) is 3.20. The number of nitrogens with one attached hydrogen (secondary N) is 1. The molecule has 1 aromatic carbocycles. The van der Waals surface area contributed by atoms with Gasteiger partial charge in [0, 0.05) is 37.7 Å². The van der Waals surface area contributed by atoms with Crippen molar-refractivity contribution in [1.82, 2.24) is 19.3 Å². The molecule has 0 atom stereocenters. The first kappa shape index (κ1) is 21.9. The fraction of sp³-hybridized carbons (Fsp3) is 0.381. The van der Waals surface area contributed by atoms with Gasteiger partial charge in [-0.1, -0.05) is 6.92 Å². The van der Waals surface area contributed by atoms with E-state index in [2.05, 4.69) is 15.3 Å². The predicted molar refractivity (Wildman–Crippen MR) is 112 cm³/mol. The minimum Gasteiger partial charge on any atom is -0.399 e. The van der Waals surface area contributed by atoms with Crippen molar-refractivity contribution in [3.63, 3.8) is 0 Å². The van der Waals surface area contributed by atoms with E-state index in [1.54, 1.807) is 21.7 Å². The minimum atomic E-state index is -4.49. The number of imidazole rings is 1. The summed E-state index contributed by atoms with van der Waals surface area (Å²) in [4.78, 5) is 23.5. The van der Waals surface area contributed by atoms with Crippen LogP contribution < -0.4 is 11.1 Å². The number of morpholine rings is 1. The van der Waals surface area contributed by atoms with Gasteiger partial charge < -0.3 is 25.1 Å². The Morgan fingerprint density at radius 3 is 2.62 bits per heavy atom. The number of carbonyl (C=O) groups excluding carboxylic acids is 1. The zero-order chi connectivity index (χ0) is 22.9. The van der Waals surface area contributed by atoms with Crippen LogP contribution in [0.2, 0.25) is 0 Å². The van der Waals surface area contributed by atoms with Crippen molar-refractivity contribution in [2.75, 3.05) is 37.4 Å². The largest absolute Gasteiger partial charge is 0.416 e. The lowest BCUT2D eigenvalue weighted by molar-refractivity contribution is -0.137. The van der Waals surface area contributed by atoms with Gasteiger partial charge in [0.15, 0.2) is 11.5 Å². The van der Waals surface area contributed by atoms with Crippen LogP contribution in [0, 0.1) is 0 Å². The van der Waals surface area contributed by atoms with Gasteiger partial charge in [-0.05, 0) is 30.2 Å². The fourth-order valence-electron chi connectivity index (χ4n) is 3.54. The highest BCUT2D eigenvalue weighted by molar-refractivity contribution is 5.93. The number of alkyl halides is 3. The summed E-state index contributed by atoms with van der Waals surface area (Å²) in [6, 6.07) is 3.42. The highest BCUT2D eigenvalue weighted by atomic mass is 19.4. The molecular weight excluding hydrogens is 425 g/mol. The summed E-state index contributed by atoms with van der Waals surface area (Å²) in [5, 5.41) is 3.05. The number of amides is 1. The Morgan fingerprint density at radius 1 is 1.19 bits per heavy atom. The number of carbonyl (C=O) groups is 1. The van der Waals surface area contributed by atoms with Crippen LogP contribution in [0.3, 0.4) is 0 Å². The minimum absolute atomic E-state index is 0.0243. The van der Waals surface area contributed by atoms with E-state index >= 15 is 0 Å². The van der Waals surface area contributed by atoms with Crippen LogP contribution in [0.25, 0.3) is 5.65 Å². The molecule has 3 heterocycles. The third kappa shape index (κ3) is 4.62. The fourth-order valence-corrected chi connectivity index (χ4v) is 3.54. The van der Waals surface area contributed by atoms with Gasteiger partial charge in [-0.15, -0.1) is 0 Å². The van der Waals surface area contributed by atoms with E-state index in [1.807, 2.05) is 6.92 Å². The number of hydrogen-bond acceptors (Lipinski definition) is 6. The van der Waals surface area contributed by atoms with Gasteiger partial charge in [-0.25, -0.2) is 9.97 Å². The Bertz CT molecular complexity index is 1140. The number of benzene rings is 1. The molecule has 0 aliphatic carbocycles. The highest BCUT2D eigenvalue weighted by Crippen LogP contribution is 2.31. The number of aromatic nitrogens is 3. The normalized spacial score (nSPS) is 14.7. The molecule has 1 fully saturated rings. The van der Waals surface area contributed by atoms with Gasteiger partial charge in [-0.3, -0.25) is 4.79 Å². The van der Waals surface area contributed by atoms with E-state index in [4.69, 9.17) is 10.5 Å². The molecule has 11 heteroatoms. The summed E-state index contributed by atoms with van der Waals surface area (Å²) < 4.78 is 46.3. The van der Waals surface area contributed by atoms with Crippen molar-refractivity contribution < 1.29 is 22.7 Å². The Hall–Kier alpha value is -3.34. The molecule has 0 bridgehead atoms. The molecule has 1 amide bonds. The van der Waals surface area contributed by atoms with Crippen molar-refractivity contribution >= 4 is 23.1 Å². The molecule has 1 aliphatic rings. The number of aryl methyl sites for hydroxylation is 1. The summed E-state index contributed by atoms with van der Waals surface area (Å²) in [7, 11) is 0. The molecule has 0 spiro atoms. The number of nitrogens with zero attached hydrogens (tertiary/aromatic N) is 4. The molecule has 32 heavy (non-hydrogen) atoms. The number of hydrogen-bond donors (Lipinski definition) is 2. The topological polar surface area (TPSA) is 97.8 Å². The van der Waals surface area contributed by atoms with Crippen LogP contribution in [0.15, 0.2) is 30.6 Å². The molecule has 3 N–H and O–H groups in total. The van der Waals surface area contributed by atoms with Crippen LogP contribution in [-0.2, 0) is 23.9 Å². The van der Waals surface area contributed by atoms with E-state index in [0.29, 0.717) is 49.8 Å². The van der Waals surface area contributed by atoms with E-state index in [0.717, 1.165) is 17.8 Å². The van der Waals surface area contributed by atoms with Gasteiger partial charge in [-0.2, -0.15) is 13.2 Å². The van der Waals surface area contributed by atoms with E-state index in [9.17, 15) is 18.0 Å². The maximum Gasteiger partial charge on any atom is 0.416 e. The van der Waals surface area contributed by atoms with Gasteiger partial charge in [0.1, 0.15) is 5.69 Å². The molecule has 0 saturated carbocycles. The molecule has 2 aromatic heterocycles. The molecule has 0 unspecified atom stereocenters. The zero-order valence-corrected chi connectivity index (χ0v) is 17.4. The summed E-state index contributed by atoms with van der Waals surface area (Å²) in [6.45, 7) is 3.94.